The maximum Gasteiger partial charge on any atom is 0.222 e. The Morgan fingerprint density at radius 3 is 3.00 bits per heavy atom. The Morgan fingerprint density at radius 1 is 1.71 bits per heavy atom. The standard InChI is InChI=1S/C8H13FN4O/c1-2-5(4-14)12-7-6(9)3-11-8(10)13-7/h3,5,14H,2,4H2,1H3,(H3,10,11,12,13). The van der Waals surface area contributed by atoms with Crippen LogP contribution in [0.5, 0.6) is 0 Å². The van der Waals surface area contributed by atoms with Gasteiger partial charge in [0.25, 0.3) is 0 Å². The number of nitrogen functional groups attached to an aromatic ring is 1. The van der Waals surface area contributed by atoms with Crippen LogP contribution >= 0.6 is 0 Å². The first-order valence-corrected chi connectivity index (χ1v) is 4.32. The second kappa shape index (κ2) is 4.71. The van der Waals surface area contributed by atoms with Gasteiger partial charge in [-0.1, -0.05) is 6.92 Å². The van der Waals surface area contributed by atoms with Gasteiger partial charge in [0.05, 0.1) is 18.8 Å². The third-order valence-electron chi connectivity index (χ3n) is 1.82. The fourth-order valence-electron chi connectivity index (χ4n) is 0.952. The van der Waals surface area contributed by atoms with Crippen LogP contribution in [-0.2, 0) is 0 Å². The maximum absolute atomic E-state index is 13.1. The van der Waals surface area contributed by atoms with Gasteiger partial charge in [0, 0.05) is 0 Å². The number of aromatic nitrogens is 2. The average molecular weight is 200 g/mol. The van der Waals surface area contributed by atoms with Gasteiger partial charge in [-0.15, -0.1) is 0 Å². The fraction of sp³-hybridized carbons (Fsp3) is 0.500. The molecule has 78 valence electrons. The number of aliphatic hydroxyl groups is 1. The Bertz CT molecular complexity index is 303. The maximum atomic E-state index is 13.1. The van der Waals surface area contributed by atoms with Crippen molar-refractivity contribution < 1.29 is 9.50 Å². The molecule has 0 aliphatic heterocycles. The number of aliphatic hydroxyl groups excluding tert-OH is 1. The van der Waals surface area contributed by atoms with Gasteiger partial charge in [0.15, 0.2) is 11.6 Å². The van der Waals surface area contributed by atoms with E-state index in [1.54, 1.807) is 0 Å². The lowest BCUT2D eigenvalue weighted by Crippen LogP contribution is -2.24. The molecule has 14 heavy (non-hydrogen) atoms. The normalized spacial score (nSPS) is 12.5. The van der Waals surface area contributed by atoms with E-state index in [2.05, 4.69) is 15.3 Å². The first-order valence-electron chi connectivity index (χ1n) is 4.32. The molecular weight excluding hydrogens is 187 g/mol. The summed E-state index contributed by atoms with van der Waals surface area (Å²) in [5.41, 5.74) is 5.29. The molecule has 0 fully saturated rings. The van der Waals surface area contributed by atoms with Crippen molar-refractivity contribution >= 4 is 11.8 Å². The lowest BCUT2D eigenvalue weighted by Gasteiger charge is -2.14. The number of hydrogen-bond acceptors (Lipinski definition) is 5. The molecule has 1 rings (SSSR count). The smallest absolute Gasteiger partial charge is 0.222 e. The van der Waals surface area contributed by atoms with Crippen LogP contribution in [0, 0.1) is 5.82 Å². The summed E-state index contributed by atoms with van der Waals surface area (Å²) in [7, 11) is 0. The molecule has 0 saturated heterocycles. The van der Waals surface area contributed by atoms with Crippen molar-refractivity contribution in [2.75, 3.05) is 17.7 Å². The average Bonchev–Trinajstić information content (AvgIpc) is 2.19. The highest BCUT2D eigenvalue weighted by Crippen LogP contribution is 2.12. The summed E-state index contributed by atoms with van der Waals surface area (Å²) in [4.78, 5) is 7.17. The molecule has 1 aromatic rings. The van der Waals surface area contributed by atoms with Crippen molar-refractivity contribution in [2.24, 2.45) is 0 Å². The quantitative estimate of drug-likeness (QED) is 0.654. The number of nitrogens with zero attached hydrogens (tertiary/aromatic N) is 2. The zero-order chi connectivity index (χ0) is 10.6. The predicted molar refractivity (Wildman–Crippen MR) is 51.2 cm³/mol. The first-order chi connectivity index (χ1) is 6.67. The van der Waals surface area contributed by atoms with Crippen molar-refractivity contribution in [3.63, 3.8) is 0 Å². The first kappa shape index (κ1) is 10.6. The van der Waals surface area contributed by atoms with Crippen LogP contribution in [0.3, 0.4) is 0 Å². The van der Waals surface area contributed by atoms with E-state index in [0.29, 0.717) is 6.42 Å². The van der Waals surface area contributed by atoms with Crippen LogP contribution < -0.4 is 11.1 Å². The van der Waals surface area contributed by atoms with Gasteiger partial charge in [-0.25, -0.2) is 9.37 Å². The van der Waals surface area contributed by atoms with Crippen molar-refractivity contribution in [2.45, 2.75) is 19.4 Å². The summed E-state index contributed by atoms with van der Waals surface area (Å²) in [5, 5.41) is 11.6. The summed E-state index contributed by atoms with van der Waals surface area (Å²) in [6.45, 7) is 1.79. The van der Waals surface area contributed by atoms with Crippen LogP contribution in [0.4, 0.5) is 16.2 Å². The summed E-state index contributed by atoms with van der Waals surface area (Å²) < 4.78 is 13.1. The van der Waals surface area contributed by atoms with Crippen LogP contribution in [0.25, 0.3) is 0 Å². The monoisotopic (exact) mass is 200 g/mol. The van der Waals surface area contributed by atoms with Crippen LogP contribution in [0.1, 0.15) is 13.3 Å². The van der Waals surface area contributed by atoms with Crippen molar-refractivity contribution in [3.8, 4) is 0 Å². The van der Waals surface area contributed by atoms with E-state index in [1.165, 1.54) is 0 Å². The van der Waals surface area contributed by atoms with Crippen molar-refractivity contribution in [1.82, 2.24) is 9.97 Å². The highest BCUT2D eigenvalue weighted by molar-refractivity contribution is 5.39. The van der Waals surface area contributed by atoms with Crippen LogP contribution in [-0.4, -0.2) is 27.7 Å². The SMILES string of the molecule is CCC(CO)Nc1nc(N)ncc1F. The van der Waals surface area contributed by atoms with E-state index in [9.17, 15) is 4.39 Å². The highest BCUT2D eigenvalue weighted by Gasteiger charge is 2.10. The highest BCUT2D eigenvalue weighted by atomic mass is 19.1. The van der Waals surface area contributed by atoms with Gasteiger partial charge in [-0.05, 0) is 6.42 Å². The minimum Gasteiger partial charge on any atom is -0.394 e. The minimum absolute atomic E-state index is 0.00157. The summed E-state index contributed by atoms with van der Waals surface area (Å²) >= 11 is 0. The Hall–Kier alpha value is -1.43. The molecule has 0 amide bonds. The van der Waals surface area contributed by atoms with Crippen molar-refractivity contribution in [1.29, 1.82) is 0 Å². The van der Waals surface area contributed by atoms with E-state index >= 15 is 0 Å². The number of anilines is 2. The molecule has 0 spiro atoms. The largest absolute Gasteiger partial charge is 0.394 e. The molecule has 0 radical (unpaired) electrons. The molecule has 6 heteroatoms. The third-order valence-corrected chi connectivity index (χ3v) is 1.82. The summed E-state index contributed by atoms with van der Waals surface area (Å²) in [6, 6.07) is -0.223. The zero-order valence-electron chi connectivity index (χ0n) is 7.87. The van der Waals surface area contributed by atoms with Gasteiger partial charge in [-0.2, -0.15) is 4.98 Å². The summed E-state index contributed by atoms with van der Waals surface area (Å²) in [5.74, 6) is -0.550. The molecule has 0 aliphatic rings. The van der Waals surface area contributed by atoms with E-state index in [0.717, 1.165) is 6.20 Å². The van der Waals surface area contributed by atoms with Gasteiger partial charge in [0.2, 0.25) is 5.95 Å². The number of halogens is 1. The molecule has 0 bridgehead atoms. The second-order valence-corrected chi connectivity index (χ2v) is 2.86. The second-order valence-electron chi connectivity index (χ2n) is 2.86. The van der Waals surface area contributed by atoms with E-state index < -0.39 is 5.82 Å². The molecular formula is C8H13FN4O. The molecule has 5 nitrogen and oxygen atoms in total. The molecule has 0 saturated carbocycles. The topological polar surface area (TPSA) is 84.1 Å². The van der Waals surface area contributed by atoms with Gasteiger partial charge < -0.3 is 16.2 Å². The van der Waals surface area contributed by atoms with E-state index in [4.69, 9.17) is 10.8 Å². The Morgan fingerprint density at radius 2 is 2.43 bits per heavy atom. The number of nitrogens with one attached hydrogen (secondary N) is 1. The van der Waals surface area contributed by atoms with Crippen LogP contribution in [0.15, 0.2) is 6.20 Å². The molecule has 1 aromatic heterocycles. The summed E-state index contributed by atoms with van der Waals surface area (Å²) in [6.07, 6.45) is 1.66. The number of rotatable bonds is 4. The fourth-order valence-corrected chi connectivity index (χ4v) is 0.952. The number of nitrogens with two attached hydrogens (primary N) is 1. The van der Waals surface area contributed by atoms with Gasteiger partial charge in [-0.3, -0.25) is 0 Å². The molecule has 1 heterocycles. The van der Waals surface area contributed by atoms with Gasteiger partial charge >= 0.3 is 0 Å². The number of hydrogen-bond donors (Lipinski definition) is 3. The molecule has 1 atom stereocenters. The lowest BCUT2D eigenvalue weighted by atomic mass is 10.2. The Balaban J connectivity index is 2.79. The zero-order valence-corrected chi connectivity index (χ0v) is 7.87. The molecule has 0 aliphatic carbocycles. The van der Waals surface area contributed by atoms with Gasteiger partial charge in [0.1, 0.15) is 0 Å². The molecule has 1 unspecified atom stereocenters. The predicted octanol–water partition coefficient (Wildman–Crippen LogP) is 0.381. The van der Waals surface area contributed by atoms with E-state index in [1.807, 2.05) is 6.92 Å². The Kier molecular flexibility index (Phi) is 3.58. The molecule has 4 N–H and O–H groups in total. The minimum atomic E-state index is -0.578. The van der Waals surface area contributed by atoms with E-state index in [-0.39, 0.29) is 24.4 Å². The lowest BCUT2D eigenvalue weighted by molar-refractivity contribution is 0.271. The van der Waals surface area contributed by atoms with Crippen molar-refractivity contribution in [3.05, 3.63) is 12.0 Å². The Labute approximate surface area is 81.2 Å². The third kappa shape index (κ3) is 2.53. The van der Waals surface area contributed by atoms with Crippen LogP contribution in [0.2, 0.25) is 0 Å². The molecule has 0 aromatic carbocycles.